The molecule has 2 aromatic rings. The van der Waals surface area contributed by atoms with Gasteiger partial charge in [-0.3, -0.25) is 9.78 Å². The van der Waals surface area contributed by atoms with E-state index in [-0.39, 0.29) is 18.5 Å². The van der Waals surface area contributed by atoms with Gasteiger partial charge in [0.25, 0.3) is 0 Å². The van der Waals surface area contributed by atoms with Gasteiger partial charge in [-0.25, -0.2) is 0 Å². The summed E-state index contributed by atoms with van der Waals surface area (Å²) in [6.07, 6.45) is 5.36. The van der Waals surface area contributed by atoms with Gasteiger partial charge in [-0.15, -0.1) is 0 Å². The third-order valence-corrected chi connectivity index (χ3v) is 5.67. The van der Waals surface area contributed by atoms with Crippen LogP contribution in [0.4, 0.5) is 0 Å². The fourth-order valence-electron chi connectivity index (χ4n) is 3.52. The summed E-state index contributed by atoms with van der Waals surface area (Å²) in [6, 6.07) is 7.47. The zero-order valence-corrected chi connectivity index (χ0v) is 16.2. The highest BCUT2D eigenvalue weighted by Gasteiger charge is 2.29. The lowest BCUT2D eigenvalue weighted by Crippen LogP contribution is -2.45. The molecule has 1 unspecified atom stereocenters. The standard InChI is InChI=1S/C20H22Cl2N2O2/c1-2-20(26)24(12-19(25)14-4-3-7-23-11-14)16-6-5-13-9-17(21)18(22)10-15(13)8-16/h3-4,7,9-11,16,19,25H,2,5-6,8,12H2,1H3/t16?,19-/m1/s1. The maximum atomic E-state index is 12.6. The molecule has 0 fully saturated rings. The fourth-order valence-corrected chi connectivity index (χ4v) is 3.89. The Hall–Kier alpha value is -1.62. The maximum Gasteiger partial charge on any atom is 0.222 e. The number of aryl methyl sites for hydroxylation is 1. The molecule has 1 aromatic carbocycles. The summed E-state index contributed by atoms with van der Waals surface area (Å²) in [4.78, 5) is 18.4. The van der Waals surface area contributed by atoms with E-state index >= 15 is 0 Å². The molecule has 0 radical (unpaired) electrons. The molecule has 0 bridgehead atoms. The fraction of sp³-hybridized carbons (Fsp3) is 0.400. The number of nitrogens with zero attached hydrogens (tertiary/aromatic N) is 2. The molecule has 0 aliphatic heterocycles. The van der Waals surface area contributed by atoms with Gasteiger partial charge < -0.3 is 10.0 Å². The molecule has 3 rings (SSSR count). The Kier molecular flexibility index (Phi) is 6.17. The number of hydrogen-bond acceptors (Lipinski definition) is 3. The van der Waals surface area contributed by atoms with Crippen LogP contribution < -0.4 is 0 Å². The van der Waals surface area contributed by atoms with Gasteiger partial charge in [0, 0.05) is 30.4 Å². The van der Waals surface area contributed by atoms with Crippen LogP contribution in [0.3, 0.4) is 0 Å². The van der Waals surface area contributed by atoms with Crippen molar-refractivity contribution in [3.05, 3.63) is 63.4 Å². The smallest absolute Gasteiger partial charge is 0.222 e. The third kappa shape index (κ3) is 4.20. The lowest BCUT2D eigenvalue weighted by atomic mass is 9.87. The van der Waals surface area contributed by atoms with Crippen LogP contribution in [0.5, 0.6) is 0 Å². The van der Waals surface area contributed by atoms with Crippen molar-refractivity contribution < 1.29 is 9.90 Å². The lowest BCUT2D eigenvalue weighted by Gasteiger charge is -2.36. The van der Waals surface area contributed by atoms with E-state index in [1.165, 1.54) is 5.56 Å². The van der Waals surface area contributed by atoms with Crippen LogP contribution in [0.25, 0.3) is 0 Å². The summed E-state index contributed by atoms with van der Waals surface area (Å²) < 4.78 is 0. The first kappa shape index (κ1) is 19.2. The van der Waals surface area contributed by atoms with Crippen molar-refractivity contribution in [2.75, 3.05) is 6.54 Å². The molecule has 138 valence electrons. The van der Waals surface area contributed by atoms with Crippen molar-refractivity contribution in [1.82, 2.24) is 9.88 Å². The van der Waals surface area contributed by atoms with Crippen molar-refractivity contribution in [3.63, 3.8) is 0 Å². The number of benzene rings is 1. The minimum atomic E-state index is -0.755. The topological polar surface area (TPSA) is 53.4 Å². The predicted molar refractivity (Wildman–Crippen MR) is 103 cm³/mol. The second-order valence-corrected chi connectivity index (χ2v) is 7.45. The van der Waals surface area contributed by atoms with Gasteiger partial charge in [-0.05, 0) is 48.6 Å². The van der Waals surface area contributed by atoms with Crippen LogP contribution in [-0.2, 0) is 17.6 Å². The van der Waals surface area contributed by atoms with E-state index in [0.29, 0.717) is 22.0 Å². The average Bonchev–Trinajstić information content (AvgIpc) is 2.66. The summed E-state index contributed by atoms with van der Waals surface area (Å²) in [5, 5.41) is 11.7. The van der Waals surface area contributed by atoms with E-state index in [1.807, 2.05) is 30.0 Å². The molecule has 1 amide bonds. The van der Waals surface area contributed by atoms with Gasteiger partial charge in [0.2, 0.25) is 5.91 Å². The normalized spacial score (nSPS) is 17.5. The molecule has 1 N–H and O–H groups in total. The number of fused-ring (bicyclic) bond motifs is 1. The quantitative estimate of drug-likeness (QED) is 0.828. The summed E-state index contributed by atoms with van der Waals surface area (Å²) in [6.45, 7) is 2.11. The molecular weight excluding hydrogens is 371 g/mol. The van der Waals surface area contributed by atoms with Gasteiger partial charge in [0.1, 0.15) is 0 Å². The first-order chi connectivity index (χ1) is 12.5. The Morgan fingerprint density at radius 3 is 2.73 bits per heavy atom. The van der Waals surface area contributed by atoms with Gasteiger partial charge in [-0.2, -0.15) is 0 Å². The predicted octanol–water partition coefficient (Wildman–Crippen LogP) is 4.22. The molecule has 0 saturated carbocycles. The van der Waals surface area contributed by atoms with E-state index in [0.717, 1.165) is 24.8 Å². The number of aliphatic hydroxyl groups excluding tert-OH is 1. The molecule has 0 saturated heterocycles. The highest BCUT2D eigenvalue weighted by atomic mass is 35.5. The van der Waals surface area contributed by atoms with Crippen LogP contribution in [0.15, 0.2) is 36.7 Å². The number of pyridine rings is 1. The molecule has 1 aliphatic rings. The Bertz CT molecular complexity index is 783. The van der Waals surface area contributed by atoms with Crippen LogP contribution >= 0.6 is 23.2 Å². The minimum absolute atomic E-state index is 0.0403. The molecule has 0 spiro atoms. The molecule has 26 heavy (non-hydrogen) atoms. The van der Waals surface area contributed by atoms with Crippen molar-refractivity contribution >= 4 is 29.1 Å². The van der Waals surface area contributed by atoms with E-state index in [9.17, 15) is 9.90 Å². The van der Waals surface area contributed by atoms with E-state index in [2.05, 4.69) is 4.98 Å². The van der Waals surface area contributed by atoms with E-state index in [4.69, 9.17) is 23.2 Å². The maximum absolute atomic E-state index is 12.6. The summed E-state index contributed by atoms with van der Waals surface area (Å²) in [7, 11) is 0. The molecule has 1 heterocycles. The number of halogens is 2. The molecular formula is C20H22Cl2N2O2. The minimum Gasteiger partial charge on any atom is -0.386 e. The largest absolute Gasteiger partial charge is 0.386 e. The van der Waals surface area contributed by atoms with Gasteiger partial charge in [0.05, 0.1) is 22.7 Å². The number of carbonyl (C=O) groups excluding carboxylic acids is 1. The molecule has 1 aromatic heterocycles. The zero-order chi connectivity index (χ0) is 18.7. The Balaban J connectivity index is 1.80. The van der Waals surface area contributed by atoms with Gasteiger partial charge in [0.15, 0.2) is 0 Å². The van der Waals surface area contributed by atoms with Crippen molar-refractivity contribution in [1.29, 1.82) is 0 Å². The van der Waals surface area contributed by atoms with Crippen LogP contribution in [-0.4, -0.2) is 33.5 Å². The van der Waals surface area contributed by atoms with Crippen molar-refractivity contribution in [2.45, 2.75) is 44.8 Å². The van der Waals surface area contributed by atoms with E-state index < -0.39 is 6.10 Å². The number of rotatable bonds is 5. The summed E-state index contributed by atoms with van der Waals surface area (Å²) in [5.41, 5.74) is 3.03. The first-order valence-electron chi connectivity index (χ1n) is 8.83. The van der Waals surface area contributed by atoms with Gasteiger partial charge >= 0.3 is 0 Å². The highest BCUT2D eigenvalue weighted by Crippen LogP contribution is 2.32. The van der Waals surface area contributed by atoms with E-state index in [1.54, 1.807) is 18.5 Å². The number of carbonyl (C=O) groups is 1. The van der Waals surface area contributed by atoms with Crippen LogP contribution in [0.1, 0.15) is 42.6 Å². The summed E-state index contributed by atoms with van der Waals surface area (Å²) >= 11 is 12.3. The number of aromatic nitrogens is 1. The van der Waals surface area contributed by atoms with Crippen LogP contribution in [0, 0.1) is 0 Å². The third-order valence-electron chi connectivity index (χ3n) is 4.95. The molecule has 2 atom stereocenters. The average molecular weight is 393 g/mol. The number of hydrogen-bond donors (Lipinski definition) is 1. The SMILES string of the molecule is CCC(=O)N(C[C@@H](O)c1cccnc1)C1CCc2cc(Cl)c(Cl)cc2C1. The van der Waals surface area contributed by atoms with Crippen molar-refractivity contribution in [2.24, 2.45) is 0 Å². The highest BCUT2D eigenvalue weighted by molar-refractivity contribution is 6.42. The second kappa shape index (κ2) is 8.38. The Morgan fingerprint density at radius 2 is 2.08 bits per heavy atom. The summed E-state index contributed by atoms with van der Waals surface area (Å²) in [5.74, 6) is 0.0430. The van der Waals surface area contributed by atoms with Crippen molar-refractivity contribution in [3.8, 4) is 0 Å². The molecule has 4 nitrogen and oxygen atoms in total. The Morgan fingerprint density at radius 1 is 1.35 bits per heavy atom. The molecule has 6 heteroatoms. The monoisotopic (exact) mass is 392 g/mol. The molecule has 1 aliphatic carbocycles. The first-order valence-corrected chi connectivity index (χ1v) is 9.59. The second-order valence-electron chi connectivity index (χ2n) is 6.63. The number of amides is 1. The van der Waals surface area contributed by atoms with Crippen LogP contribution in [0.2, 0.25) is 10.0 Å². The Labute approximate surface area is 163 Å². The van der Waals surface area contributed by atoms with Gasteiger partial charge in [-0.1, -0.05) is 36.2 Å². The number of aliphatic hydroxyl groups is 1. The zero-order valence-electron chi connectivity index (χ0n) is 14.7. The lowest BCUT2D eigenvalue weighted by molar-refractivity contribution is -0.135.